The number of hydrogen-bond donors (Lipinski definition) is 1. The van der Waals surface area contributed by atoms with E-state index in [1.54, 1.807) is 25.1 Å². The van der Waals surface area contributed by atoms with Crippen molar-refractivity contribution in [1.82, 2.24) is 4.90 Å². The van der Waals surface area contributed by atoms with Crippen LogP contribution in [-0.4, -0.2) is 34.0 Å². The average molecular weight is 312 g/mol. The minimum absolute atomic E-state index is 0.0718. The van der Waals surface area contributed by atoms with Crippen LogP contribution in [0.3, 0.4) is 0 Å². The van der Waals surface area contributed by atoms with Crippen molar-refractivity contribution in [3.63, 3.8) is 0 Å². The molecule has 1 unspecified atom stereocenters. The molecule has 1 atom stereocenters. The van der Waals surface area contributed by atoms with Gasteiger partial charge >= 0.3 is 5.97 Å². The molecule has 1 aromatic carbocycles. The van der Waals surface area contributed by atoms with Gasteiger partial charge in [-0.3, -0.25) is 4.79 Å². The molecule has 1 fully saturated rings. The second-order valence-electron chi connectivity index (χ2n) is 4.47. The third-order valence-corrected chi connectivity index (χ3v) is 3.51. The first-order chi connectivity index (χ1) is 8.50. The highest BCUT2D eigenvalue weighted by Crippen LogP contribution is 2.30. The second-order valence-corrected chi connectivity index (χ2v) is 5.38. The van der Waals surface area contributed by atoms with Gasteiger partial charge in [0.15, 0.2) is 0 Å². The molecule has 4 nitrogen and oxygen atoms in total. The van der Waals surface area contributed by atoms with Crippen molar-refractivity contribution in [1.29, 1.82) is 0 Å². The summed E-state index contributed by atoms with van der Waals surface area (Å²) in [6.45, 7) is 1.55. The van der Waals surface area contributed by atoms with E-state index in [0.717, 1.165) is 17.3 Å². The molecule has 0 spiro atoms. The Morgan fingerprint density at radius 1 is 1.44 bits per heavy atom. The first-order valence-electron chi connectivity index (χ1n) is 5.81. The number of hydrogen-bond acceptors (Lipinski definition) is 2. The van der Waals surface area contributed by atoms with E-state index < -0.39 is 12.0 Å². The van der Waals surface area contributed by atoms with Crippen LogP contribution in [0.2, 0.25) is 0 Å². The highest BCUT2D eigenvalue weighted by Gasteiger charge is 2.38. The van der Waals surface area contributed by atoms with Gasteiger partial charge in [-0.25, -0.2) is 4.79 Å². The number of carbonyl (C=O) groups excluding carboxylic acids is 1. The van der Waals surface area contributed by atoms with Gasteiger partial charge in [0.1, 0.15) is 6.04 Å². The van der Waals surface area contributed by atoms with Crippen molar-refractivity contribution in [2.24, 2.45) is 0 Å². The summed E-state index contributed by atoms with van der Waals surface area (Å²) in [7, 11) is 0. The molecule has 0 radical (unpaired) electrons. The van der Waals surface area contributed by atoms with Gasteiger partial charge in [-0.05, 0) is 38.0 Å². The minimum Gasteiger partial charge on any atom is -0.480 e. The van der Waals surface area contributed by atoms with Crippen molar-refractivity contribution in [3.05, 3.63) is 34.3 Å². The zero-order chi connectivity index (χ0) is 13.3. The molecule has 1 N–H and O–H groups in total. The van der Waals surface area contributed by atoms with Crippen molar-refractivity contribution in [3.8, 4) is 0 Å². The number of nitrogens with zero attached hydrogens (tertiary/aromatic N) is 1. The monoisotopic (exact) mass is 311 g/mol. The number of halogens is 1. The summed E-state index contributed by atoms with van der Waals surface area (Å²) in [4.78, 5) is 24.9. The number of rotatable bonds is 4. The van der Waals surface area contributed by atoms with Crippen LogP contribution in [0.1, 0.15) is 30.1 Å². The molecule has 1 saturated carbocycles. The van der Waals surface area contributed by atoms with E-state index in [-0.39, 0.29) is 11.9 Å². The largest absolute Gasteiger partial charge is 0.480 e. The lowest BCUT2D eigenvalue weighted by atomic mass is 10.1. The Balaban J connectivity index is 2.26. The van der Waals surface area contributed by atoms with Crippen molar-refractivity contribution < 1.29 is 14.7 Å². The van der Waals surface area contributed by atoms with Crippen LogP contribution in [0.15, 0.2) is 28.7 Å². The quantitative estimate of drug-likeness (QED) is 0.929. The standard InChI is InChI=1S/C13H14BrNO3/c1-8(13(17)18)15(11-5-6-11)12(16)9-3-2-4-10(14)7-9/h2-4,7-8,11H,5-6H2,1H3,(H,17,18). The fourth-order valence-corrected chi connectivity index (χ4v) is 2.30. The fraction of sp³-hybridized carbons (Fsp3) is 0.385. The number of carbonyl (C=O) groups is 2. The van der Waals surface area contributed by atoms with Crippen molar-refractivity contribution >= 4 is 27.8 Å². The highest BCUT2D eigenvalue weighted by atomic mass is 79.9. The molecule has 2 rings (SSSR count). The summed E-state index contributed by atoms with van der Waals surface area (Å²) in [5.41, 5.74) is 0.518. The van der Waals surface area contributed by atoms with Crippen LogP contribution in [0.4, 0.5) is 0 Å². The smallest absolute Gasteiger partial charge is 0.326 e. The third-order valence-electron chi connectivity index (χ3n) is 3.02. The lowest BCUT2D eigenvalue weighted by molar-refractivity contribution is -0.141. The Morgan fingerprint density at radius 3 is 2.61 bits per heavy atom. The summed E-state index contributed by atoms with van der Waals surface area (Å²) < 4.78 is 0.812. The Kier molecular flexibility index (Phi) is 3.71. The lowest BCUT2D eigenvalue weighted by Gasteiger charge is -2.26. The Labute approximate surface area is 114 Å². The van der Waals surface area contributed by atoms with Gasteiger partial charge in [0, 0.05) is 16.1 Å². The Morgan fingerprint density at radius 2 is 2.11 bits per heavy atom. The molecule has 1 aliphatic rings. The van der Waals surface area contributed by atoms with Gasteiger partial charge in [0.25, 0.3) is 5.91 Å². The number of carboxylic acids is 1. The van der Waals surface area contributed by atoms with E-state index in [1.165, 1.54) is 4.90 Å². The van der Waals surface area contributed by atoms with Crippen LogP contribution in [0.25, 0.3) is 0 Å². The van der Waals surface area contributed by atoms with Gasteiger partial charge in [0.05, 0.1) is 0 Å². The predicted molar refractivity (Wildman–Crippen MR) is 70.4 cm³/mol. The summed E-state index contributed by atoms with van der Waals surface area (Å²) in [5.74, 6) is -1.18. The molecular weight excluding hydrogens is 298 g/mol. The first-order valence-corrected chi connectivity index (χ1v) is 6.61. The maximum Gasteiger partial charge on any atom is 0.326 e. The van der Waals surface area contributed by atoms with Gasteiger partial charge in [0.2, 0.25) is 0 Å². The van der Waals surface area contributed by atoms with E-state index in [4.69, 9.17) is 5.11 Å². The van der Waals surface area contributed by atoms with Gasteiger partial charge in [-0.1, -0.05) is 22.0 Å². The molecule has 0 bridgehead atoms. The molecule has 5 heteroatoms. The SMILES string of the molecule is CC(C(=O)O)N(C(=O)c1cccc(Br)c1)C1CC1. The minimum atomic E-state index is -0.967. The summed E-state index contributed by atoms with van der Waals surface area (Å²) in [5, 5.41) is 9.08. The summed E-state index contributed by atoms with van der Waals surface area (Å²) in [6, 6.07) is 6.31. The maximum absolute atomic E-state index is 12.4. The molecule has 1 aromatic rings. The molecule has 1 amide bonds. The topological polar surface area (TPSA) is 57.6 Å². The molecule has 18 heavy (non-hydrogen) atoms. The lowest BCUT2D eigenvalue weighted by Crippen LogP contribution is -2.44. The van der Waals surface area contributed by atoms with Crippen LogP contribution >= 0.6 is 15.9 Å². The summed E-state index contributed by atoms with van der Waals surface area (Å²) >= 11 is 3.31. The molecule has 0 aliphatic heterocycles. The van der Waals surface area contributed by atoms with Crippen LogP contribution in [-0.2, 0) is 4.79 Å². The zero-order valence-electron chi connectivity index (χ0n) is 9.97. The van der Waals surface area contributed by atoms with E-state index in [2.05, 4.69) is 15.9 Å². The molecular formula is C13H14BrNO3. The van der Waals surface area contributed by atoms with Gasteiger partial charge < -0.3 is 10.0 Å². The maximum atomic E-state index is 12.4. The molecule has 96 valence electrons. The van der Waals surface area contributed by atoms with Crippen molar-refractivity contribution in [2.45, 2.75) is 31.8 Å². The fourth-order valence-electron chi connectivity index (χ4n) is 1.90. The summed E-state index contributed by atoms with van der Waals surface area (Å²) in [6.07, 6.45) is 1.77. The van der Waals surface area contributed by atoms with E-state index in [1.807, 2.05) is 6.07 Å². The van der Waals surface area contributed by atoms with Crippen LogP contribution < -0.4 is 0 Å². The van der Waals surface area contributed by atoms with E-state index in [0.29, 0.717) is 5.56 Å². The predicted octanol–water partition coefficient (Wildman–Crippen LogP) is 2.53. The van der Waals surface area contributed by atoms with E-state index >= 15 is 0 Å². The van der Waals surface area contributed by atoms with Gasteiger partial charge in [-0.2, -0.15) is 0 Å². The third kappa shape index (κ3) is 2.72. The van der Waals surface area contributed by atoms with Crippen LogP contribution in [0.5, 0.6) is 0 Å². The van der Waals surface area contributed by atoms with E-state index in [9.17, 15) is 9.59 Å². The highest BCUT2D eigenvalue weighted by molar-refractivity contribution is 9.10. The average Bonchev–Trinajstić information content (AvgIpc) is 3.13. The molecule has 0 heterocycles. The second kappa shape index (κ2) is 5.10. The molecule has 0 saturated heterocycles. The molecule has 0 aromatic heterocycles. The number of carboxylic acid groups (broad SMARTS) is 1. The Bertz CT molecular complexity index is 485. The van der Waals surface area contributed by atoms with Gasteiger partial charge in [-0.15, -0.1) is 0 Å². The Hall–Kier alpha value is -1.36. The number of amides is 1. The normalized spacial score (nSPS) is 16.1. The zero-order valence-corrected chi connectivity index (χ0v) is 11.6. The number of benzene rings is 1. The first kappa shape index (κ1) is 13.1. The molecule has 1 aliphatic carbocycles. The van der Waals surface area contributed by atoms with Crippen LogP contribution in [0, 0.1) is 0 Å². The van der Waals surface area contributed by atoms with Crippen molar-refractivity contribution in [2.75, 3.05) is 0 Å². The number of aliphatic carboxylic acids is 1.